The highest BCUT2D eigenvalue weighted by Gasteiger charge is 2.29. The summed E-state index contributed by atoms with van der Waals surface area (Å²) in [5, 5.41) is 15.8. The van der Waals surface area contributed by atoms with Crippen LogP contribution in [0.15, 0.2) is 30.3 Å². The number of rotatable bonds is 8. The first kappa shape index (κ1) is 16.7. The molecule has 112 valence electrons. The molecule has 0 radical (unpaired) electrons. The Kier molecular flexibility index (Phi) is 6.68. The van der Waals surface area contributed by atoms with E-state index in [1.54, 1.807) is 0 Å². The summed E-state index contributed by atoms with van der Waals surface area (Å²) in [7, 11) is 0. The van der Waals surface area contributed by atoms with Gasteiger partial charge in [0.15, 0.2) is 0 Å². The van der Waals surface area contributed by atoms with E-state index in [4.69, 9.17) is 0 Å². The molecule has 0 aromatic heterocycles. The van der Waals surface area contributed by atoms with Gasteiger partial charge in [0.2, 0.25) is 5.91 Å². The summed E-state index contributed by atoms with van der Waals surface area (Å²) >= 11 is 0. The average Bonchev–Trinajstić information content (AvgIpc) is 2.48. The maximum atomic E-state index is 12.0. The SMILES string of the molecule is CCCCNC(=O)C(C)NC(C)(CO)c1ccccc1. The Morgan fingerprint density at radius 1 is 1.35 bits per heavy atom. The van der Waals surface area contributed by atoms with E-state index in [1.165, 1.54) is 0 Å². The lowest BCUT2D eigenvalue weighted by atomic mass is 9.92. The maximum absolute atomic E-state index is 12.0. The Hall–Kier alpha value is -1.39. The normalized spacial score (nSPS) is 15.4. The van der Waals surface area contributed by atoms with Crippen LogP contribution in [0.1, 0.15) is 39.2 Å². The van der Waals surface area contributed by atoms with Gasteiger partial charge in [0.1, 0.15) is 0 Å². The van der Waals surface area contributed by atoms with Crippen molar-refractivity contribution >= 4 is 5.91 Å². The van der Waals surface area contributed by atoms with Crippen LogP contribution < -0.4 is 10.6 Å². The topological polar surface area (TPSA) is 61.4 Å². The lowest BCUT2D eigenvalue weighted by Gasteiger charge is -2.32. The molecule has 0 aliphatic carbocycles. The number of carbonyl (C=O) groups excluding carboxylic acids is 1. The van der Waals surface area contributed by atoms with Crippen molar-refractivity contribution in [3.8, 4) is 0 Å². The van der Waals surface area contributed by atoms with Gasteiger partial charge in [0, 0.05) is 6.54 Å². The summed E-state index contributed by atoms with van der Waals surface area (Å²) in [6, 6.07) is 9.33. The van der Waals surface area contributed by atoms with Crippen LogP contribution in [0.5, 0.6) is 0 Å². The number of hydrogen-bond donors (Lipinski definition) is 3. The standard InChI is InChI=1S/C16H26N2O2/c1-4-5-11-17-15(20)13(2)18-16(3,12-19)14-9-7-6-8-10-14/h6-10,13,18-19H,4-5,11-12H2,1-3H3,(H,17,20). The average molecular weight is 278 g/mol. The van der Waals surface area contributed by atoms with Crippen LogP contribution in [0.2, 0.25) is 0 Å². The minimum Gasteiger partial charge on any atom is -0.394 e. The van der Waals surface area contributed by atoms with Gasteiger partial charge in [-0.3, -0.25) is 10.1 Å². The number of unbranched alkanes of at least 4 members (excludes halogenated alkanes) is 1. The molecule has 4 nitrogen and oxygen atoms in total. The number of aliphatic hydroxyl groups excluding tert-OH is 1. The second kappa shape index (κ2) is 8.02. The fraction of sp³-hybridized carbons (Fsp3) is 0.562. The van der Waals surface area contributed by atoms with Crippen LogP contribution >= 0.6 is 0 Å². The van der Waals surface area contributed by atoms with Crippen LogP contribution in [0.4, 0.5) is 0 Å². The number of hydrogen-bond acceptors (Lipinski definition) is 3. The molecule has 1 amide bonds. The molecule has 2 unspecified atom stereocenters. The molecule has 1 aromatic carbocycles. The van der Waals surface area contributed by atoms with Gasteiger partial charge in [-0.15, -0.1) is 0 Å². The lowest BCUT2D eigenvalue weighted by Crippen LogP contribution is -2.53. The minimum absolute atomic E-state index is 0.0333. The molecule has 0 aliphatic heterocycles. The van der Waals surface area contributed by atoms with Gasteiger partial charge >= 0.3 is 0 Å². The van der Waals surface area contributed by atoms with Crippen molar-refractivity contribution < 1.29 is 9.90 Å². The molecule has 0 spiro atoms. The molecular weight excluding hydrogens is 252 g/mol. The molecular formula is C16H26N2O2. The van der Waals surface area contributed by atoms with Crippen LogP contribution in [-0.4, -0.2) is 30.2 Å². The zero-order valence-corrected chi connectivity index (χ0v) is 12.6. The van der Waals surface area contributed by atoms with E-state index in [1.807, 2.05) is 44.2 Å². The van der Waals surface area contributed by atoms with E-state index in [-0.39, 0.29) is 18.6 Å². The number of aliphatic hydroxyl groups is 1. The van der Waals surface area contributed by atoms with Gasteiger partial charge in [-0.1, -0.05) is 43.7 Å². The first-order valence-electron chi connectivity index (χ1n) is 7.25. The molecule has 0 saturated carbocycles. The quantitative estimate of drug-likeness (QED) is 0.635. The third-order valence-electron chi connectivity index (χ3n) is 3.49. The number of carbonyl (C=O) groups is 1. The van der Waals surface area contributed by atoms with Crippen molar-refractivity contribution in [2.75, 3.05) is 13.2 Å². The molecule has 0 aliphatic rings. The van der Waals surface area contributed by atoms with Gasteiger partial charge in [-0.2, -0.15) is 0 Å². The molecule has 2 atom stereocenters. The Bertz CT molecular complexity index is 408. The summed E-state index contributed by atoms with van der Waals surface area (Å²) in [6.07, 6.45) is 2.04. The van der Waals surface area contributed by atoms with E-state index < -0.39 is 5.54 Å². The van der Waals surface area contributed by atoms with Crippen LogP contribution in [-0.2, 0) is 10.3 Å². The first-order valence-corrected chi connectivity index (χ1v) is 7.25. The molecule has 0 heterocycles. The lowest BCUT2D eigenvalue weighted by molar-refractivity contribution is -0.123. The summed E-state index contributed by atoms with van der Waals surface area (Å²) in [6.45, 7) is 6.44. The number of nitrogens with one attached hydrogen (secondary N) is 2. The third kappa shape index (κ3) is 4.62. The smallest absolute Gasteiger partial charge is 0.236 e. The Balaban J connectivity index is 2.65. The van der Waals surface area contributed by atoms with Crippen molar-refractivity contribution in [1.82, 2.24) is 10.6 Å². The van der Waals surface area contributed by atoms with Crippen LogP contribution in [0, 0.1) is 0 Å². The summed E-state index contributed by atoms with van der Waals surface area (Å²) in [5.74, 6) is -0.0333. The summed E-state index contributed by atoms with van der Waals surface area (Å²) in [4.78, 5) is 12.0. The first-order chi connectivity index (χ1) is 9.53. The van der Waals surface area contributed by atoms with Crippen molar-refractivity contribution in [2.24, 2.45) is 0 Å². The maximum Gasteiger partial charge on any atom is 0.236 e. The van der Waals surface area contributed by atoms with Gasteiger partial charge < -0.3 is 10.4 Å². The monoisotopic (exact) mass is 278 g/mol. The molecule has 1 rings (SSSR count). The summed E-state index contributed by atoms with van der Waals surface area (Å²) < 4.78 is 0. The molecule has 0 saturated heterocycles. The second-order valence-electron chi connectivity index (χ2n) is 5.37. The molecule has 0 bridgehead atoms. The molecule has 4 heteroatoms. The zero-order chi connectivity index (χ0) is 15.0. The predicted molar refractivity (Wildman–Crippen MR) is 81.4 cm³/mol. The molecule has 20 heavy (non-hydrogen) atoms. The van der Waals surface area contributed by atoms with Gasteiger partial charge in [0.25, 0.3) is 0 Å². The van der Waals surface area contributed by atoms with Crippen molar-refractivity contribution in [1.29, 1.82) is 0 Å². The van der Waals surface area contributed by atoms with E-state index in [0.29, 0.717) is 6.54 Å². The van der Waals surface area contributed by atoms with E-state index in [9.17, 15) is 9.90 Å². The fourth-order valence-corrected chi connectivity index (χ4v) is 2.11. The number of amides is 1. The van der Waals surface area contributed by atoms with Gasteiger partial charge in [-0.25, -0.2) is 0 Å². The van der Waals surface area contributed by atoms with Crippen molar-refractivity contribution in [3.05, 3.63) is 35.9 Å². The highest BCUT2D eigenvalue weighted by Crippen LogP contribution is 2.20. The Morgan fingerprint density at radius 3 is 2.55 bits per heavy atom. The Morgan fingerprint density at radius 2 is 2.00 bits per heavy atom. The fourth-order valence-electron chi connectivity index (χ4n) is 2.11. The molecule has 3 N–H and O–H groups in total. The van der Waals surface area contributed by atoms with Crippen molar-refractivity contribution in [2.45, 2.75) is 45.2 Å². The number of benzene rings is 1. The largest absolute Gasteiger partial charge is 0.394 e. The Labute approximate surface area is 121 Å². The van der Waals surface area contributed by atoms with E-state index >= 15 is 0 Å². The second-order valence-corrected chi connectivity index (χ2v) is 5.37. The van der Waals surface area contributed by atoms with E-state index in [0.717, 1.165) is 18.4 Å². The zero-order valence-electron chi connectivity index (χ0n) is 12.6. The minimum atomic E-state index is -0.622. The predicted octanol–water partition coefficient (Wildman–Crippen LogP) is 1.79. The third-order valence-corrected chi connectivity index (χ3v) is 3.49. The van der Waals surface area contributed by atoms with Gasteiger partial charge in [0.05, 0.1) is 18.2 Å². The van der Waals surface area contributed by atoms with Crippen LogP contribution in [0.3, 0.4) is 0 Å². The van der Waals surface area contributed by atoms with Gasteiger partial charge in [-0.05, 0) is 25.8 Å². The highest BCUT2D eigenvalue weighted by molar-refractivity contribution is 5.81. The molecule has 1 aromatic rings. The van der Waals surface area contributed by atoms with E-state index in [2.05, 4.69) is 17.6 Å². The van der Waals surface area contributed by atoms with Crippen molar-refractivity contribution in [3.63, 3.8) is 0 Å². The summed E-state index contributed by atoms with van der Waals surface area (Å²) in [5.41, 5.74) is 0.346. The van der Waals surface area contributed by atoms with Crippen LogP contribution in [0.25, 0.3) is 0 Å². The highest BCUT2D eigenvalue weighted by atomic mass is 16.3. The molecule has 0 fully saturated rings.